The molecule has 1 aromatic heterocycles. The number of aromatic nitrogens is 1. The second-order valence-corrected chi connectivity index (χ2v) is 7.63. The van der Waals surface area contributed by atoms with E-state index in [0.717, 1.165) is 35.4 Å². The zero-order valence-electron chi connectivity index (χ0n) is 16.3. The van der Waals surface area contributed by atoms with Crippen LogP contribution in [0.3, 0.4) is 0 Å². The summed E-state index contributed by atoms with van der Waals surface area (Å²) in [4.78, 5) is 36.9. The van der Waals surface area contributed by atoms with Crippen molar-refractivity contribution in [2.24, 2.45) is 0 Å². The fourth-order valence-electron chi connectivity index (χ4n) is 4.22. The molecule has 0 saturated carbocycles. The summed E-state index contributed by atoms with van der Waals surface area (Å²) in [6, 6.07) is 5.67. The number of fused-ring (bicyclic) bond motifs is 1. The Morgan fingerprint density at radius 2 is 2.00 bits per heavy atom. The van der Waals surface area contributed by atoms with Gasteiger partial charge in [0.25, 0.3) is 0 Å². The zero-order valence-corrected chi connectivity index (χ0v) is 16.3. The smallest absolute Gasteiger partial charge is 0.328 e. The molecule has 6 nitrogen and oxygen atoms in total. The quantitative estimate of drug-likeness (QED) is 0.785. The zero-order chi connectivity index (χ0) is 20.5. The third-order valence-corrected chi connectivity index (χ3v) is 5.72. The summed E-state index contributed by atoms with van der Waals surface area (Å²) in [5.41, 5.74) is 4.08. The number of amides is 1. The molecular formula is C22H23FN2O4. The molecule has 152 valence electrons. The average molecular weight is 398 g/mol. The van der Waals surface area contributed by atoms with Crippen LogP contribution in [-0.4, -0.2) is 34.9 Å². The van der Waals surface area contributed by atoms with Crippen LogP contribution < -0.4 is 5.32 Å². The van der Waals surface area contributed by atoms with Crippen LogP contribution in [0.4, 0.5) is 4.39 Å². The van der Waals surface area contributed by atoms with Gasteiger partial charge in [0.1, 0.15) is 11.9 Å². The minimum absolute atomic E-state index is 0.0418. The molecule has 1 amide bonds. The van der Waals surface area contributed by atoms with E-state index in [4.69, 9.17) is 4.74 Å². The lowest BCUT2D eigenvalue weighted by molar-refractivity contribution is -0.141. The van der Waals surface area contributed by atoms with Gasteiger partial charge >= 0.3 is 5.97 Å². The molecule has 0 bridgehead atoms. The van der Waals surface area contributed by atoms with Gasteiger partial charge < -0.3 is 14.6 Å². The molecule has 1 N–H and O–H groups in total. The third kappa shape index (κ3) is 3.81. The average Bonchev–Trinajstić information content (AvgIpc) is 3.20. The van der Waals surface area contributed by atoms with Crippen molar-refractivity contribution in [3.8, 4) is 0 Å². The van der Waals surface area contributed by atoms with E-state index in [1.165, 1.54) is 12.1 Å². The highest BCUT2D eigenvalue weighted by Crippen LogP contribution is 2.31. The molecular weight excluding hydrogens is 375 g/mol. The van der Waals surface area contributed by atoms with Gasteiger partial charge in [-0.3, -0.25) is 9.59 Å². The predicted octanol–water partition coefficient (Wildman–Crippen LogP) is 2.48. The second kappa shape index (κ2) is 7.81. The Balaban J connectivity index is 1.63. The standard InChI is InChI=1S/C22H23FN2O4/c1-13-16(11-20(27)24-17-9-10-29-22(17)28)21-18(3-2-4-19(21)26)25(13)12-14-5-7-15(23)8-6-14/h5-8,17H,2-4,9-12H2,1H3,(H,24,27). The van der Waals surface area contributed by atoms with E-state index in [1.807, 2.05) is 6.92 Å². The van der Waals surface area contributed by atoms with Gasteiger partial charge in [-0.05, 0) is 43.0 Å². The highest BCUT2D eigenvalue weighted by Gasteiger charge is 2.31. The summed E-state index contributed by atoms with van der Waals surface area (Å²) in [6.07, 6.45) is 2.51. The first kappa shape index (κ1) is 19.4. The maximum atomic E-state index is 13.2. The maximum Gasteiger partial charge on any atom is 0.328 e. The van der Waals surface area contributed by atoms with Crippen LogP contribution in [0.1, 0.15) is 52.1 Å². The molecule has 1 atom stereocenters. The molecule has 1 aromatic carbocycles. The molecule has 1 aliphatic heterocycles. The van der Waals surface area contributed by atoms with Gasteiger partial charge in [0.15, 0.2) is 5.78 Å². The van der Waals surface area contributed by atoms with Crippen LogP contribution >= 0.6 is 0 Å². The summed E-state index contributed by atoms with van der Waals surface area (Å²) < 4.78 is 20.2. The predicted molar refractivity (Wildman–Crippen MR) is 103 cm³/mol. The molecule has 0 spiro atoms. The van der Waals surface area contributed by atoms with E-state index in [0.29, 0.717) is 31.6 Å². The van der Waals surface area contributed by atoms with Crippen LogP contribution in [0.25, 0.3) is 0 Å². The van der Waals surface area contributed by atoms with Crippen molar-refractivity contribution in [2.45, 2.75) is 51.6 Å². The Morgan fingerprint density at radius 1 is 1.24 bits per heavy atom. The molecule has 1 fully saturated rings. The van der Waals surface area contributed by atoms with Crippen molar-refractivity contribution in [1.82, 2.24) is 9.88 Å². The molecule has 2 aliphatic rings. The molecule has 7 heteroatoms. The van der Waals surface area contributed by atoms with Crippen molar-refractivity contribution in [1.29, 1.82) is 0 Å². The third-order valence-electron chi connectivity index (χ3n) is 5.72. The topological polar surface area (TPSA) is 77.4 Å². The van der Waals surface area contributed by atoms with E-state index in [2.05, 4.69) is 9.88 Å². The van der Waals surface area contributed by atoms with Gasteiger partial charge in [-0.2, -0.15) is 0 Å². The number of hydrogen-bond acceptors (Lipinski definition) is 4. The van der Waals surface area contributed by atoms with Gasteiger partial charge in [-0.25, -0.2) is 9.18 Å². The number of cyclic esters (lactones) is 1. The number of rotatable bonds is 5. The Labute approximate surface area is 168 Å². The van der Waals surface area contributed by atoms with E-state index >= 15 is 0 Å². The van der Waals surface area contributed by atoms with Crippen molar-refractivity contribution >= 4 is 17.7 Å². The summed E-state index contributed by atoms with van der Waals surface area (Å²) in [5.74, 6) is -0.952. The van der Waals surface area contributed by atoms with Crippen LogP contribution in [0.15, 0.2) is 24.3 Å². The van der Waals surface area contributed by atoms with E-state index in [-0.39, 0.29) is 23.9 Å². The van der Waals surface area contributed by atoms with Crippen molar-refractivity contribution in [3.63, 3.8) is 0 Å². The normalized spacial score (nSPS) is 18.5. The Hall–Kier alpha value is -2.96. The number of nitrogens with zero attached hydrogens (tertiary/aromatic N) is 1. The molecule has 1 saturated heterocycles. The number of hydrogen-bond donors (Lipinski definition) is 1. The molecule has 2 heterocycles. The van der Waals surface area contributed by atoms with Crippen molar-refractivity contribution in [3.05, 3.63) is 58.2 Å². The number of halogens is 1. The lowest BCUT2D eigenvalue weighted by Gasteiger charge is -2.16. The molecule has 4 rings (SSSR count). The fraction of sp³-hybridized carbons (Fsp3) is 0.409. The van der Waals surface area contributed by atoms with Crippen LogP contribution in [0.5, 0.6) is 0 Å². The summed E-state index contributed by atoms with van der Waals surface area (Å²) >= 11 is 0. The van der Waals surface area contributed by atoms with Crippen molar-refractivity contribution < 1.29 is 23.5 Å². The minimum atomic E-state index is -0.615. The number of nitrogens with one attached hydrogen (secondary N) is 1. The Morgan fingerprint density at radius 3 is 2.69 bits per heavy atom. The monoisotopic (exact) mass is 398 g/mol. The number of ether oxygens (including phenoxy) is 1. The largest absolute Gasteiger partial charge is 0.464 e. The highest BCUT2D eigenvalue weighted by atomic mass is 19.1. The fourth-order valence-corrected chi connectivity index (χ4v) is 4.22. The summed E-state index contributed by atoms with van der Waals surface area (Å²) in [7, 11) is 0. The number of esters is 1. The summed E-state index contributed by atoms with van der Waals surface area (Å²) in [6.45, 7) is 2.73. The van der Waals surface area contributed by atoms with Crippen molar-refractivity contribution in [2.75, 3.05) is 6.61 Å². The number of carbonyl (C=O) groups is 3. The molecule has 2 aromatic rings. The van der Waals surface area contributed by atoms with Crippen LogP contribution in [-0.2, 0) is 33.7 Å². The van der Waals surface area contributed by atoms with E-state index in [9.17, 15) is 18.8 Å². The molecule has 0 radical (unpaired) electrons. The first-order chi connectivity index (χ1) is 13.9. The SMILES string of the molecule is Cc1c(CC(=O)NC2CCOC2=O)c2c(n1Cc1ccc(F)cc1)CCCC2=O. The Bertz CT molecular complexity index is 978. The molecule has 29 heavy (non-hydrogen) atoms. The first-order valence-corrected chi connectivity index (χ1v) is 9.88. The van der Waals surface area contributed by atoms with Crippen LogP contribution in [0, 0.1) is 12.7 Å². The van der Waals surface area contributed by atoms with Gasteiger partial charge in [-0.1, -0.05) is 12.1 Å². The van der Waals surface area contributed by atoms with E-state index < -0.39 is 12.0 Å². The lowest BCUT2D eigenvalue weighted by Crippen LogP contribution is -2.39. The minimum Gasteiger partial charge on any atom is -0.464 e. The molecule has 1 aliphatic carbocycles. The summed E-state index contributed by atoms with van der Waals surface area (Å²) in [5, 5.41) is 2.72. The van der Waals surface area contributed by atoms with Gasteiger partial charge in [0.05, 0.1) is 13.0 Å². The number of benzene rings is 1. The lowest BCUT2D eigenvalue weighted by atomic mass is 9.92. The Kier molecular flexibility index (Phi) is 5.22. The van der Waals surface area contributed by atoms with Crippen LogP contribution in [0.2, 0.25) is 0 Å². The van der Waals surface area contributed by atoms with Gasteiger partial charge in [-0.15, -0.1) is 0 Å². The second-order valence-electron chi connectivity index (χ2n) is 7.63. The van der Waals surface area contributed by atoms with Gasteiger partial charge in [0.2, 0.25) is 5.91 Å². The maximum absolute atomic E-state index is 13.2. The number of ketones is 1. The van der Waals surface area contributed by atoms with Gasteiger partial charge in [0, 0.05) is 36.3 Å². The first-order valence-electron chi connectivity index (χ1n) is 9.88. The van der Waals surface area contributed by atoms with E-state index in [1.54, 1.807) is 12.1 Å². The molecule has 1 unspecified atom stereocenters. The number of carbonyl (C=O) groups excluding carboxylic acids is 3. The highest BCUT2D eigenvalue weighted by molar-refractivity contribution is 6.01. The number of Topliss-reactive ketones (excluding diaryl/α,β-unsaturated/α-hetero) is 1.